The molecule has 0 bridgehead atoms. The van der Waals surface area contributed by atoms with Crippen molar-refractivity contribution in [3.8, 4) is 5.75 Å². The molecule has 0 radical (unpaired) electrons. The van der Waals surface area contributed by atoms with E-state index in [4.69, 9.17) is 27.9 Å². The van der Waals surface area contributed by atoms with E-state index in [2.05, 4.69) is 4.98 Å². The summed E-state index contributed by atoms with van der Waals surface area (Å²) in [6.07, 6.45) is -3.60. The number of piperazine rings is 1. The monoisotopic (exact) mass is 433 g/mol. The van der Waals surface area contributed by atoms with Crippen molar-refractivity contribution in [3.63, 3.8) is 0 Å². The smallest absolute Gasteiger partial charge is 0.417 e. The Kier molecular flexibility index (Phi) is 6.20. The molecule has 0 spiro atoms. The summed E-state index contributed by atoms with van der Waals surface area (Å²) in [7, 11) is 0. The fourth-order valence-electron chi connectivity index (χ4n) is 2.75. The minimum absolute atomic E-state index is 0.167. The van der Waals surface area contributed by atoms with Gasteiger partial charge < -0.3 is 14.5 Å². The van der Waals surface area contributed by atoms with Crippen LogP contribution in [0.15, 0.2) is 36.5 Å². The van der Waals surface area contributed by atoms with Gasteiger partial charge in [-0.1, -0.05) is 23.2 Å². The molecule has 28 heavy (non-hydrogen) atoms. The van der Waals surface area contributed by atoms with E-state index >= 15 is 0 Å². The zero-order valence-electron chi connectivity index (χ0n) is 14.5. The Bertz CT molecular complexity index is 839. The molecular formula is C18H16Cl2F3N3O2. The van der Waals surface area contributed by atoms with E-state index in [1.807, 2.05) is 4.90 Å². The molecule has 0 N–H and O–H groups in total. The molecule has 0 atom stereocenters. The lowest BCUT2D eigenvalue weighted by Crippen LogP contribution is -2.50. The number of anilines is 1. The van der Waals surface area contributed by atoms with Crippen LogP contribution in [0.1, 0.15) is 5.56 Å². The first-order chi connectivity index (χ1) is 13.2. The summed E-state index contributed by atoms with van der Waals surface area (Å²) in [5.74, 6) is 0.613. The molecule has 0 unspecified atom stereocenters. The molecule has 1 aliphatic rings. The van der Waals surface area contributed by atoms with Crippen LogP contribution >= 0.6 is 23.2 Å². The number of carbonyl (C=O) groups excluding carboxylic acids is 1. The number of halogens is 5. The molecule has 150 valence electrons. The molecule has 1 fully saturated rings. The van der Waals surface area contributed by atoms with Gasteiger partial charge in [-0.15, -0.1) is 0 Å². The third kappa shape index (κ3) is 4.99. The highest BCUT2D eigenvalue weighted by Gasteiger charge is 2.31. The number of aromatic nitrogens is 1. The average Bonchev–Trinajstić information content (AvgIpc) is 2.67. The van der Waals surface area contributed by atoms with Gasteiger partial charge in [0.25, 0.3) is 5.91 Å². The van der Waals surface area contributed by atoms with Gasteiger partial charge in [-0.2, -0.15) is 13.2 Å². The van der Waals surface area contributed by atoms with Gasteiger partial charge in [0.15, 0.2) is 6.61 Å². The summed E-state index contributed by atoms with van der Waals surface area (Å²) in [5, 5.41) is 0.787. The Labute approximate surface area is 169 Å². The van der Waals surface area contributed by atoms with Crippen LogP contribution in [-0.4, -0.2) is 48.6 Å². The zero-order chi connectivity index (χ0) is 20.3. The summed E-state index contributed by atoms with van der Waals surface area (Å²) in [4.78, 5) is 19.7. The van der Waals surface area contributed by atoms with E-state index in [-0.39, 0.29) is 12.5 Å². The van der Waals surface area contributed by atoms with Gasteiger partial charge in [0, 0.05) is 37.4 Å². The molecule has 1 saturated heterocycles. The molecule has 2 aromatic rings. The number of nitrogens with zero attached hydrogens (tertiary/aromatic N) is 3. The van der Waals surface area contributed by atoms with Crippen molar-refractivity contribution in [2.45, 2.75) is 6.18 Å². The minimum Gasteiger partial charge on any atom is -0.482 e. The Hall–Kier alpha value is -2.19. The van der Waals surface area contributed by atoms with Crippen LogP contribution in [0.3, 0.4) is 0 Å². The fourth-order valence-corrected chi connectivity index (χ4v) is 3.21. The highest BCUT2D eigenvalue weighted by atomic mass is 35.5. The topological polar surface area (TPSA) is 45.7 Å². The van der Waals surface area contributed by atoms with Gasteiger partial charge in [0.05, 0.1) is 10.6 Å². The van der Waals surface area contributed by atoms with Crippen molar-refractivity contribution < 1.29 is 22.7 Å². The first-order valence-corrected chi connectivity index (χ1v) is 9.13. The molecule has 3 rings (SSSR count). The predicted octanol–water partition coefficient (Wildman–Crippen LogP) is 4.13. The zero-order valence-corrected chi connectivity index (χ0v) is 16.1. The minimum atomic E-state index is -4.41. The quantitative estimate of drug-likeness (QED) is 0.726. The summed E-state index contributed by atoms with van der Waals surface area (Å²) >= 11 is 11.8. The highest BCUT2D eigenvalue weighted by Crippen LogP contribution is 2.30. The molecule has 1 aliphatic heterocycles. The first-order valence-electron chi connectivity index (χ1n) is 8.38. The standard InChI is InChI=1S/C18H16Cl2F3N3O2/c19-13-2-3-15(14(20)9-13)28-11-17(27)26-7-5-25(6-8-26)16-4-1-12(10-24-16)18(21,22)23/h1-4,9-10H,5-8,11H2. The number of benzene rings is 1. The maximum atomic E-state index is 12.6. The molecule has 1 aromatic heterocycles. The average molecular weight is 434 g/mol. The molecule has 1 aromatic carbocycles. The summed E-state index contributed by atoms with van der Waals surface area (Å²) in [6, 6.07) is 7.07. The number of hydrogen-bond donors (Lipinski definition) is 0. The van der Waals surface area contributed by atoms with Crippen LogP contribution in [0.5, 0.6) is 5.75 Å². The van der Waals surface area contributed by atoms with Crippen LogP contribution in [0.4, 0.5) is 19.0 Å². The molecule has 2 heterocycles. The Morgan fingerprint density at radius 1 is 1.11 bits per heavy atom. The van der Waals surface area contributed by atoms with Crippen molar-refractivity contribution in [2.75, 3.05) is 37.7 Å². The Morgan fingerprint density at radius 2 is 1.82 bits per heavy atom. The predicted molar refractivity (Wildman–Crippen MR) is 100.0 cm³/mol. The number of amides is 1. The lowest BCUT2D eigenvalue weighted by Gasteiger charge is -2.35. The molecule has 0 aliphatic carbocycles. The van der Waals surface area contributed by atoms with Crippen LogP contribution in [0.25, 0.3) is 0 Å². The van der Waals surface area contributed by atoms with Gasteiger partial charge in [-0.05, 0) is 30.3 Å². The van der Waals surface area contributed by atoms with Gasteiger partial charge in [0.1, 0.15) is 11.6 Å². The summed E-state index contributed by atoms with van der Waals surface area (Å²) < 4.78 is 43.3. The molecular weight excluding hydrogens is 418 g/mol. The number of ether oxygens (including phenoxy) is 1. The van der Waals surface area contributed by atoms with Gasteiger partial charge in [-0.25, -0.2) is 4.98 Å². The van der Waals surface area contributed by atoms with Crippen LogP contribution < -0.4 is 9.64 Å². The lowest BCUT2D eigenvalue weighted by atomic mass is 10.2. The van der Waals surface area contributed by atoms with Crippen molar-refractivity contribution >= 4 is 34.9 Å². The van der Waals surface area contributed by atoms with Crippen LogP contribution in [-0.2, 0) is 11.0 Å². The van der Waals surface area contributed by atoms with Crippen molar-refractivity contribution in [2.24, 2.45) is 0 Å². The van der Waals surface area contributed by atoms with Crippen molar-refractivity contribution in [3.05, 3.63) is 52.1 Å². The SMILES string of the molecule is O=C(COc1ccc(Cl)cc1Cl)N1CCN(c2ccc(C(F)(F)F)cn2)CC1. The van der Waals surface area contributed by atoms with E-state index in [9.17, 15) is 18.0 Å². The van der Waals surface area contributed by atoms with E-state index in [1.54, 1.807) is 17.0 Å². The third-order valence-corrected chi connectivity index (χ3v) is 4.81. The molecule has 5 nitrogen and oxygen atoms in total. The fraction of sp³-hybridized carbons (Fsp3) is 0.333. The summed E-state index contributed by atoms with van der Waals surface area (Å²) in [6.45, 7) is 1.59. The third-order valence-electron chi connectivity index (χ3n) is 4.28. The molecule has 10 heteroatoms. The van der Waals surface area contributed by atoms with Gasteiger partial charge >= 0.3 is 6.18 Å². The first kappa shape index (κ1) is 20.5. The lowest BCUT2D eigenvalue weighted by molar-refractivity contribution is -0.138. The van der Waals surface area contributed by atoms with Crippen LogP contribution in [0, 0.1) is 0 Å². The van der Waals surface area contributed by atoms with E-state index in [0.717, 1.165) is 12.3 Å². The normalized spacial score (nSPS) is 14.9. The highest BCUT2D eigenvalue weighted by molar-refractivity contribution is 6.35. The molecule has 0 saturated carbocycles. The number of rotatable bonds is 4. The van der Waals surface area contributed by atoms with Crippen LogP contribution in [0.2, 0.25) is 10.0 Å². The van der Waals surface area contributed by atoms with Gasteiger partial charge in [-0.3, -0.25) is 4.79 Å². The summed E-state index contributed by atoms with van der Waals surface area (Å²) in [5.41, 5.74) is -0.789. The number of carbonyl (C=O) groups is 1. The second-order valence-electron chi connectivity index (χ2n) is 6.13. The largest absolute Gasteiger partial charge is 0.482 e. The maximum absolute atomic E-state index is 12.6. The number of pyridine rings is 1. The molecule has 1 amide bonds. The second-order valence-corrected chi connectivity index (χ2v) is 6.98. The van der Waals surface area contributed by atoms with Gasteiger partial charge in [0.2, 0.25) is 0 Å². The van der Waals surface area contributed by atoms with Crippen molar-refractivity contribution in [1.29, 1.82) is 0 Å². The number of hydrogen-bond acceptors (Lipinski definition) is 4. The second kappa shape index (κ2) is 8.45. The van der Waals surface area contributed by atoms with E-state index < -0.39 is 11.7 Å². The number of alkyl halides is 3. The Balaban J connectivity index is 1.51. The van der Waals surface area contributed by atoms with E-state index in [1.165, 1.54) is 12.1 Å². The van der Waals surface area contributed by atoms with Crippen molar-refractivity contribution in [1.82, 2.24) is 9.88 Å². The maximum Gasteiger partial charge on any atom is 0.417 e. The van der Waals surface area contributed by atoms with E-state index in [0.29, 0.717) is 47.8 Å². The Morgan fingerprint density at radius 3 is 2.39 bits per heavy atom.